The van der Waals surface area contributed by atoms with Crippen molar-refractivity contribution in [3.05, 3.63) is 41.5 Å². The molecule has 4 rings (SSSR count). The largest absolute Gasteiger partial charge is 0.490 e. The van der Waals surface area contributed by atoms with E-state index in [0.29, 0.717) is 24.8 Å². The fourth-order valence-corrected chi connectivity index (χ4v) is 3.49. The van der Waals surface area contributed by atoms with Gasteiger partial charge in [0, 0.05) is 57.4 Å². The van der Waals surface area contributed by atoms with Crippen LogP contribution in [0.1, 0.15) is 58.1 Å². The maximum Gasteiger partial charge on any atom is 0.267 e. The molecule has 3 heterocycles. The normalized spacial score (nSPS) is 17.7. The molecular weight excluding hydrogens is 346 g/mol. The molecule has 0 unspecified atom stereocenters. The highest BCUT2D eigenvalue weighted by Gasteiger charge is 2.33. The van der Waals surface area contributed by atoms with Crippen molar-refractivity contribution in [3.63, 3.8) is 0 Å². The standard InChI is InChI=1S/C19H23N5O3/c1-23-11-15(17(22-23)12-2-3-12)19(26)24-8-5-13(6-9-24)27-14-4-7-21-16(10-14)18(20)25/h4,7,10-13H,2-3,5-6,8-9H2,1H3,(H2,20,25). The lowest BCUT2D eigenvalue weighted by Crippen LogP contribution is -2.42. The third kappa shape index (κ3) is 3.79. The number of nitrogens with zero attached hydrogens (tertiary/aromatic N) is 4. The second-order valence-corrected chi connectivity index (χ2v) is 7.23. The molecule has 0 bridgehead atoms. The minimum atomic E-state index is -0.580. The SMILES string of the molecule is Cn1cc(C(=O)N2CCC(Oc3ccnc(C(N)=O)c3)CC2)c(C2CC2)n1. The number of piperidine rings is 1. The minimum absolute atomic E-state index is 0.00558. The fraction of sp³-hybridized carbons (Fsp3) is 0.474. The van der Waals surface area contributed by atoms with Gasteiger partial charge >= 0.3 is 0 Å². The number of hydrogen-bond donors (Lipinski definition) is 1. The summed E-state index contributed by atoms with van der Waals surface area (Å²) in [5, 5.41) is 4.48. The molecular formula is C19H23N5O3. The number of carbonyl (C=O) groups is 2. The van der Waals surface area contributed by atoms with Crippen LogP contribution in [0.25, 0.3) is 0 Å². The number of carbonyl (C=O) groups excluding carboxylic acids is 2. The third-order valence-electron chi connectivity index (χ3n) is 5.07. The van der Waals surface area contributed by atoms with Crippen molar-refractivity contribution in [1.29, 1.82) is 0 Å². The molecule has 8 heteroatoms. The van der Waals surface area contributed by atoms with Gasteiger partial charge in [0.15, 0.2) is 0 Å². The molecule has 0 atom stereocenters. The smallest absolute Gasteiger partial charge is 0.267 e. The van der Waals surface area contributed by atoms with E-state index in [1.807, 2.05) is 18.1 Å². The van der Waals surface area contributed by atoms with Crippen LogP contribution in [0.5, 0.6) is 5.75 Å². The van der Waals surface area contributed by atoms with Crippen LogP contribution in [0.2, 0.25) is 0 Å². The molecule has 0 radical (unpaired) electrons. The summed E-state index contributed by atoms with van der Waals surface area (Å²) in [5.74, 6) is 0.496. The van der Waals surface area contributed by atoms with E-state index in [-0.39, 0.29) is 17.7 Å². The highest BCUT2D eigenvalue weighted by Crippen LogP contribution is 2.41. The van der Waals surface area contributed by atoms with Crippen LogP contribution >= 0.6 is 0 Å². The monoisotopic (exact) mass is 369 g/mol. The van der Waals surface area contributed by atoms with Crippen LogP contribution in [0.3, 0.4) is 0 Å². The number of nitrogens with two attached hydrogens (primary N) is 1. The van der Waals surface area contributed by atoms with Gasteiger partial charge in [-0.3, -0.25) is 19.3 Å². The number of amides is 2. The first-order valence-corrected chi connectivity index (χ1v) is 9.26. The topological polar surface area (TPSA) is 103 Å². The second kappa shape index (κ2) is 7.02. The Kier molecular flexibility index (Phi) is 4.55. The van der Waals surface area contributed by atoms with Gasteiger partial charge in [0.25, 0.3) is 11.8 Å². The van der Waals surface area contributed by atoms with Crippen LogP contribution in [-0.4, -0.2) is 50.7 Å². The van der Waals surface area contributed by atoms with Crippen molar-refractivity contribution >= 4 is 11.8 Å². The maximum absolute atomic E-state index is 12.9. The Bertz CT molecular complexity index is 866. The van der Waals surface area contributed by atoms with Gasteiger partial charge in [-0.2, -0.15) is 5.10 Å². The van der Waals surface area contributed by atoms with E-state index in [1.54, 1.807) is 16.8 Å². The predicted octanol–water partition coefficient (Wildman–Crippen LogP) is 1.47. The van der Waals surface area contributed by atoms with Gasteiger partial charge in [-0.15, -0.1) is 0 Å². The number of aryl methyl sites for hydroxylation is 1. The van der Waals surface area contributed by atoms with Gasteiger partial charge in [0.2, 0.25) is 0 Å². The quantitative estimate of drug-likeness (QED) is 0.860. The Balaban J connectivity index is 1.37. The summed E-state index contributed by atoms with van der Waals surface area (Å²) in [7, 11) is 1.86. The Labute approximate surface area is 157 Å². The summed E-state index contributed by atoms with van der Waals surface area (Å²) in [5.41, 5.74) is 7.12. The number of pyridine rings is 1. The summed E-state index contributed by atoms with van der Waals surface area (Å²) < 4.78 is 7.69. The van der Waals surface area contributed by atoms with Gasteiger partial charge in [0.05, 0.1) is 11.3 Å². The molecule has 1 aliphatic heterocycles. The first kappa shape index (κ1) is 17.5. The molecule has 27 heavy (non-hydrogen) atoms. The molecule has 142 valence electrons. The molecule has 2 aromatic heterocycles. The first-order chi connectivity index (χ1) is 13.0. The number of likely N-dealkylation sites (tertiary alicyclic amines) is 1. The first-order valence-electron chi connectivity index (χ1n) is 9.26. The lowest BCUT2D eigenvalue weighted by molar-refractivity contribution is 0.0593. The zero-order chi connectivity index (χ0) is 19.0. The Hall–Kier alpha value is -2.90. The van der Waals surface area contributed by atoms with Gasteiger partial charge in [-0.05, 0) is 18.9 Å². The molecule has 1 saturated carbocycles. The Morgan fingerprint density at radius 3 is 2.63 bits per heavy atom. The van der Waals surface area contributed by atoms with Crippen molar-refractivity contribution in [2.75, 3.05) is 13.1 Å². The highest BCUT2D eigenvalue weighted by atomic mass is 16.5. The van der Waals surface area contributed by atoms with Crippen molar-refractivity contribution in [3.8, 4) is 5.75 Å². The number of primary amides is 1. The maximum atomic E-state index is 12.9. The molecule has 8 nitrogen and oxygen atoms in total. The molecule has 2 amide bonds. The van der Waals surface area contributed by atoms with E-state index in [0.717, 1.165) is 36.9 Å². The average molecular weight is 369 g/mol. The van der Waals surface area contributed by atoms with Gasteiger partial charge in [0.1, 0.15) is 17.5 Å². The Morgan fingerprint density at radius 1 is 1.22 bits per heavy atom. The van der Waals surface area contributed by atoms with E-state index in [4.69, 9.17) is 10.5 Å². The van der Waals surface area contributed by atoms with Crippen molar-refractivity contribution < 1.29 is 14.3 Å². The molecule has 0 spiro atoms. The zero-order valence-electron chi connectivity index (χ0n) is 15.3. The lowest BCUT2D eigenvalue weighted by Gasteiger charge is -2.32. The van der Waals surface area contributed by atoms with Crippen LogP contribution in [0.4, 0.5) is 0 Å². The molecule has 1 aliphatic carbocycles. The molecule has 2 aromatic rings. The molecule has 2 N–H and O–H groups in total. The zero-order valence-corrected chi connectivity index (χ0v) is 15.3. The van der Waals surface area contributed by atoms with Crippen LogP contribution < -0.4 is 10.5 Å². The molecule has 2 fully saturated rings. The minimum Gasteiger partial charge on any atom is -0.490 e. The van der Waals surface area contributed by atoms with Crippen molar-refractivity contribution in [1.82, 2.24) is 19.7 Å². The second-order valence-electron chi connectivity index (χ2n) is 7.23. The lowest BCUT2D eigenvalue weighted by atomic mass is 10.1. The summed E-state index contributed by atoms with van der Waals surface area (Å²) in [6, 6.07) is 3.26. The van der Waals surface area contributed by atoms with Crippen LogP contribution in [0.15, 0.2) is 24.5 Å². The van der Waals surface area contributed by atoms with Crippen molar-refractivity contribution in [2.24, 2.45) is 12.8 Å². The molecule has 0 aromatic carbocycles. The number of ether oxygens (including phenoxy) is 1. The van der Waals surface area contributed by atoms with Crippen LogP contribution in [-0.2, 0) is 7.05 Å². The number of rotatable bonds is 5. The Morgan fingerprint density at radius 2 is 1.96 bits per heavy atom. The predicted molar refractivity (Wildman–Crippen MR) is 97.5 cm³/mol. The van der Waals surface area contributed by atoms with E-state index in [9.17, 15) is 9.59 Å². The summed E-state index contributed by atoms with van der Waals surface area (Å²) in [6.07, 6.45) is 7.04. The molecule has 1 saturated heterocycles. The summed E-state index contributed by atoms with van der Waals surface area (Å²) in [6.45, 7) is 1.27. The van der Waals surface area contributed by atoms with E-state index < -0.39 is 5.91 Å². The average Bonchev–Trinajstić information content (AvgIpc) is 3.44. The van der Waals surface area contributed by atoms with E-state index >= 15 is 0 Å². The van der Waals surface area contributed by atoms with E-state index in [2.05, 4.69) is 10.1 Å². The highest BCUT2D eigenvalue weighted by molar-refractivity contribution is 5.95. The van der Waals surface area contributed by atoms with Gasteiger partial charge in [-0.1, -0.05) is 0 Å². The third-order valence-corrected chi connectivity index (χ3v) is 5.07. The molecule has 2 aliphatic rings. The number of aromatic nitrogens is 3. The van der Waals surface area contributed by atoms with Gasteiger partial charge in [-0.25, -0.2) is 0 Å². The van der Waals surface area contributed by atoms with Gasteiger partial charge < -0.3 is 15.4 Å². The summed E-state index contributed by atoms with van der Waals surface area (Å²) in [4.78, 5) is 29.9. The van der Waals surface area contributed by atoms with Crippen LogP contribution in [0, 0.1) is 0 Å². The summed E-state index contributed by atoms with van der Waals surface area (Å²) >= 11 is 0. The van der Waals surface area contributed by atoms with Crippen molar-refractivity contribution in [2.45, 2.75) is 37.7 Å². The van der Waals surface area contributed by atoms with E-state index in [1.165, 1.54) is 6.20 Å². The number of hydrogen-bond acceptors (Lipinski definition) is 5. The fourth-order valence-electron chi connectivity index (χ4n) is 3.49.